The Hall–Kier alpha value is -3.09. The van der Waals surface area contributed by atoms with Gasteiger partial charge in [-0.2, -0.15) is 5.10 Å². The van der Waals surface area contributed by atoms with Crippen LogP contribution in [0.3, 0.4) is 0 Å². The van der Waals surface area contributed by atoms with Gasteiger partial charge in [-0.25, -0.2) is 0 Å². The topological polar surface area (TPSA) is 111 Å². The molecule has 0 fully saturated rings. The monoisotopic (exact) mass is 270 g/mol. The molecule has 0 bridgehead atoms. The van der Waals surface area contributed by atoms with E-state index in [1.807, 2.05) is 24.3 Å². The van der Waals surface area contributed by atoms with Gasteiger partial charge in [-0.15, -0.1) is 0 Å². The molecule has 1 aromatic carbocycles. The number of hydrogen-bond donors (Lipinski definition) is 4. The summed E-state index contributed by atoms with van der Waals surface area (Å²) in [6, 6.07) is 9.59. The third kappa shape index (κ3) is 2.12. The summed E-state index contributed by atoms with van der Waals surface area (Å²) in [6.45, 7) is 0. The van der Waals surface area contributed by atoms with Gasteiger partial charge in [-0.05, 0) is 12.1 Å². The molecule has 0 saturated heterocycles. The predicted molar refractivity (Wildman–Crippen MR) is 72.8 cm³/mol. The van der Waals surface area contributed by atoms with Crippen LogP contribution in [0.25, 0.3) is 10.9 Å². The second-order valence-corrected chi connectivity index (χ2v) is 4.19. The molecule has 100 valence electrons. The van der Waals surface area contributed by atoms with Gasteiger partial charge < -0.3 is 10.4 Å². The van der Waals surface area contributed by atoms with Gasteiger partial charge in [0.25, 0.3) is 11.5 Å². The van der Waals surface area contributed by atoms with Crippen LogP contribution >= 0.6 is 0 Å². The van der Waals surface area contributed by atoms with E-state index in [0.29, 0.717) is 5.82 Å². The number of pyridine rings is 1. The lowest BCUT2D eigenvalue weighted by Gasteiger charge is -2.02. The Morgan fingerprint density at radius 1 is 1.25 bits per heavy atom. The summed E-state index contributed by atoms with van der Waals surface area (Å²) in [4.78, 5) is 25.4. The van der Waals surface area contributed by atoms with Crippen molar-refractivity contribution in [2.24, 2.45) is 0 Å². The molecule has 2 heterocycles. The number of carbonyl (C=O) groups is 1. The Morgan fingerprint density at radius 2 is 2.05 bits per heavy atom. The van der Waals surface area contributed by atoms with Crippen molar-refractivity contribution < 1.29 is 9.90 Å². The molecule has 1 amide bonds. The Morgan fingerprint density at radius 3 is 2.85 bits per heavy atom. The van der Waals surface area contributed by atoms with Gasteiger partial charge in [0, 0.05) is 17.5 Å². The van der Waals surface area contributed by atoms with Crippen molar-refractivity contribution >= 4 is 22.6 Å². The number of hydrogen-bond acceptors (Lipinski definition) is 4. The van der Waals surface area contributed by atoms with Crippen molar-refractivity contribution in [3.8, 4) is 5.88 Å². The number of anilines is 1. The summed E-state index contributed by atoms with van der Waals surface area (Å²) in [5.74, 6) is -0.524. The highest BCUT2D eigenvalue weighted by atomic mass is 16.3. The number of aromatic nitrogens is 3. The molecule has 0 radical (unpaired) electrons. The van der Waals surface area contributed by atoms with E-state index in [1.165, 1.54) is 6.07 Å². The fraction of sp³-hybridized carbons (Fsp3) is 0. The number of benzene rings is 1. The van der Waals surface area contributed by atoms with Gasteiger partial charge in [-0.1, -0.05) is 12.1 Å². The lowest BCUT2D eigenvalue weighted by Crippen LogP contribution is -2.16. The number of H-pyrrole nitrogens is 2. The normalized spacial score (nSPS) is 10.6. The zero-order valence-electron chi connectivity index (χ0n) is 10.2. The van der Waals surface area contributed by atoms with Gasteiger partial charge in [0.1, 0.15) is 0 Å². The number of fused-ring (bicyclic) bond motifs is 1. The molecule has 7 nitrogen and oxygen atoms in total. The quantitative estimate of drug-likeness (QED) is 0.560. The fourth-order valence-electron chi connectivity index (χ4n) is 1.90. The van der Waals surface area contributed by atoms with Crippen LogP contribution in [-0.4, -0.2) is 26.2 Å². The van der Waals surface area contributed by atoms with Crippen LogP contribution in [0.2, 0.25) is 0 Å². The van der Waals surface area contributed by atoms with Crippen LogP contribution in [0, 0.1) is 0 Å². The lowest BCUT2D eigenvalue weighted by molar-refractivity contribution is 0.102. The van der Waals surface area contributed by atoms with Crippen molar-refractivity contribution in [2.45, 2.75) is 0 Å². The summed E-state index contributed by atoms with van der Waals surface area (Å²) >= 11 is 0. The average Bonchev–Trinajstić information content (AvgIpc) is 2.81. The number of amides is 1. The van der Waals surface area contributed by atoms with Crippen LogP contribution < -0.4 is 10.9 Å². The third-order valence-electron chi connectivity index (χ3n) is 2.79. The standard InChI is InChI=1S/C13H10N4O3/c18-10-5-7(6-11(19)14-10)13(20)15-12-8-3-1-2-4-9(8)16-17-12/h1-6H,(H2,14,18,19)(H2,15,16,17,20). The molecular weight excluding hydrogens is 260 g/mol. The number of aromatic amines is 2. The van der Waals surface area contributed by atoms with E-state index in [2.05, 4.69) is 20.5 Å². The van der Waals surface area contributed by atoms with Gasteiger partial charge in [0.15, 0.2) is 11.7 Å². The van der Waals surface area contributed by atoms with E-state index < -0.39 is 11.5 Å². The van der Waals surface area contributed by atoms with Crippen LogP contribution in [0.4, 0.5) is 5.82 Å². The number of aromatic hydroxyl groups is 1. The molecule has 4 N–H and O–H groups in total. The Kier molecular flexibility index (Phi) is 2.72. The summed E-state index contributed by atoms with van der Waals surface area (Å²) in [7, 11) is 0. The third-order valence-corrected chi connectivity index (χ3v) is 2.79. The molecular formula is C13H10N4O3. The van der Waals surface area contributed by atoms with Gasteiger partial charge in [0.2, 0.25) is 0 Å². The second-order valence-electron chi connectivity index (χ2n) is 4.19. The van der Waals surface area contributed by atoms with Crippen molar-refractivity contribution in [2.75, 3.05) is 5.32 Å². The highest BCUT2D eigenvalue weighted by molar-refractivity contribution is 6.07. The van der Waals surface area contributed by atoms with Gasteiger partial charge in [-0.3, -0.25) is 19.7 Å². The molecule has 3 aromatic rings. The number of carbonyl (C=O) groups excluding carboxylic acids is 1. The maximum Gasteiger partial charge on any atom is 0.257 e. The van der Waals surface area contributed by atoms with Crippen molar-refractivity contribution in [3.63, 3.8) is 0 Å². The first-order chi connectivity index (χ1) is 9.63. The first-order valence-corrected chi connectivity index (χ1v) is 5.81. The zero-order valence-corrected chi connectivity index (χ0v) is 10.2. The van der Waals surface area contributed by atoms with E-state index in [4.69, 9.17) is 0 Å². The first-order valence-electron chi connectivity index (χ1n) is 5.81. The summed E-state index contributed by atoms with van der Waals surface area (Å²) < 4.78 is 0. The SMILES string of the molecule is O=C(Nc1n[nH]c2ccccc12)c1cc(O)[nH]c(=O)c1. The number of nitrogens with one attached hydrogen (secondary N) is 3. The van der Waals surface area contributed by atoms with E-state index >= 15 is 0 Å². The molecule has 0 spiro atoms. The lowest BCUT2D eigenvalue weighted by atomic mass is 10.2. The molecule has 0 unspecified atom stereocenters. The Balaban J connectivity index is 1.94. The van der Waals surface area contributed by atoms with Crippen LogP contribution in [0.5, 0.6) is 5.88 Å². The molecule has 0 saturated carbocycles. The minimum Gasteiger partial charge on any atom is -0.494 e. The minimum atomic E-state index is -0.554. The highest BCUT2D eigenvalue weighted by Gasteiger charge is 2.12. The van der Waals surface area contributed by atoms with Gasteiger partial charge >= 0.3 is 0 Å². The smallest absolute Gasteiger partial charge is 0.257 e. The molecule has 0 aliphatic rings. The summed E-state index contributed by atoms with van der Waals surface area (Å²) in [6.07, 6.45) is 0. The van der Waals surface area contributed by atoms with E-state index in [0.717, 1.165) is 17.0 Å². The first kappa shape index (κ1) is 12.0. The minimum absolute atomic E-state index is 0.0540. The number of nitrogens with zero attached hydrogens (tertiary/aromatic N) is 1. The number of rotatable bonds is 2. The van der Waals surface area contributed by atoms with Crippen molar-refractivity contribution in [1.82, 2.24) is 15.2 Å². The highest BCUT2D eigenvalue weighted by Crippen LogP contribution is 2.20. The predicted octanol–water partition coefficient (Wildman–Crippen LogP) is 1.21. The second kappa shape index (κ2) is 4.54. The fourth-order valence-corrected chi connectivity index (χ4v) is 1.90. The largest absolute Gasteiger partial charge is 0.494 e. The molecule has 0 aliphatic heterocycles. The average molecular weight is 270 g/mol. The molecule has 2 aromatic heterocycles. The molecule has 3 rings (SSSR count). The maximum absolute atomic E-state index is 12.0. The van der Waals surface area contributed by atoms with E-state index in [1.54, 1.807) is 0 Å². The zero-order chi connectivity index (χ0) is 14.1. The van der Waals surface area contributed by atoms with Crippen molar-refractivity contribution in [3.05, 3.63) is 52.3 Å². The Bertz CT molecular complexity index is 850. The van der Waals surface area contributed by atoms with E-state index in [-0.39, 0.29) is 11.4 Å². The molecule has 0 aliphatic carbocycles. The maximum atomic E-state index is 12.0. The summed E-state index contributed by atoms with van der Waals surface area (Å²) in [5.41, 5.74) is 0.289. The molecule has 7 heteroatoms. The Labute approximate surface area is 112 Å². The molecule has 0 atom stereocenters. The van der Waals surface area contributed by atoms with Crippen LogP contribution in [-0.2, 0) is 0 Å². The number of para-hydroxylation sites is 1. The van der Waals surface area contributed by atoms with E-state index in [9.17, 15) is 14.7 Å². The summed E-state index contributed by atoms with van der Waals surface area (Å²) in [5, 5.41) is 19.4. The van der Waals surface area contributed by atoms with Crippen molar-refractivity contribution in [1.29, 1.82) is 0 Å². The molecule has 20 heavy (non-hydrogen) atoms. The van der Waals surface area contributed by atoms with Crippen LogP contribution in [0.1, 0.15) is 10.4 Å². The van der Waals surface area contributed by atoms with Gasteiger partial charge in [0.05, 0.1) is 11.1 Å². The van der Waals surface area contributed by atoms with Crippen LogP contribution in [0.15, 0.2) is 41.2 Å².